The first-order valence-electron chi connectivity index (χ1n) is 9.83. The maximum Gasteiger partial charge on any atom is 0.259 e. The molecule has 0 saturated carbocycles. The monoisotopic (exact) mass is 416 g/mol. The Hall–Kier alpha value is -3.29. The van der Waals surface area contributed by atoms with E-state index in [4.69, 9.17) is 9.72 Å². The molecule has 0 radical (unpaired) electrons. The second-order valence-electron chi connectivity index (χ2n) is 6.99. The van der Waals surface area contributed by atoms with Crippen LogP contribution in [0.25, 0.3) is 20.8 Å². The number of rotatable bonds is 4. The van der Waals surface area contributed by atoms with E-state index >= 15 is 0 Å². The highest BCUT2D eigenvalue weighted by molar-refractivity contribution is 7.21. The van der Waals surface area contributed by atoms with Gasteiger partial charge in [0.1, 0.15) is 10.8 Å². The van der Waals surface area contributed by atoms with Crippen LogP contribution in [0.2, 0.25) is 0 Å². The van der Waals surface area contributed by atoms with Gasteiger partial charge < -0.3 is 15.0 Å². The zero-order valence-electron chi connectivity index (χ0n) is 16.2. The number of para-hydroxylation sites is 1. The quantitative estimate of drug-likeness (QED) is 0.532. The van der Waals surface area contributed by atoms with E-state index in [0.717, 1.165) is 39.6 Å². The Morgan fingerprint density at radius 1 is 1.00 bits per heavy atom. The molecule has 1 N–H and O–H groups in total. The molecule has 4 aromatic rings. The minimum atomic E-state index is -0.169. The predicted molar refractivity (Wildman–Crippen MR) is 120 cm³/mol. The second-order valence-corrected chi connectivity index (χ2v) is 8.02. The van der Waals surface area contributed by atoms with Gasteiger partial charge in [0, 0.05) is 30.5 Å². The van der Waals surface area contributed by atoms with Crippen molar-refractivity contribution in [1.29, 1.82) is 0 Å². The summed E-state index contributed by atoms with van der Waals surface area (Å²) in [5, 5.41) is 3.96. The summed E-state index contributed by atoms with van der Waals surface area (Å²) in [6, 6.07) is 19.5. The minimum absolute atomic E-state index is 0.169. The molecule has 7 heteroatoms. The highest BCUT2D eigenvalue weighted by atomic mass is 32.1. The normalized spacial score (nSPS) is 14.1. The lowest BCUT2D eigenvalue weighted by atomic mass is 10.2. The molecule has 1 aliphatic heterocycles. The average molecular weight is 417 g/mol. The number of morpholine rings is 1. The Kier molecular flexibility index (Phi) is 5.13. The number of carbonyl (C=O) groups excluding carboxylic acids is 1. The number of aromatic nitrogens is 2. The minimum Gasteiger partial charge on any atom is -0.378 e. The number of anilines is 2. The van der Waals surface area contributed by atoms with E-state index in [-0.39, 0.29) is 5.91 Å². The van der Waals surface area contributed by atoms with Gasteiger partial charge in [-0.15, -0.1) is 11.3 Å². The van der Waals surface area contributed by atoms with E-state index in [9.17, 15) is 4.79 Å². The van der Waals surface area contributed by atoms with Gasteiger partial charge in [0.05, 0.1) is 29.0 Å². The Labute approximate surface area is 178 Å². The third-order valence-corrected chi connectivity index (χ3v) is 6.11. The lowest BCUT2D eigenvalue weighted by Gasteiger charge is -2.29. The van der Waals surface area contributed by atoms with Crippen LogP contribution in [0.5, 0.6) is 0 Å². The second kappa shape index (κ2) is 8.22. The molecule has 0 unspecified atom stereocenters. The van der Waals surface area contributed by atoms with Crippen LogP contribution in [0.1, 0.15) is 10.4 Å². The number of benzene rings is 2. The van der Waals surface area contributed by atoms with Crippen LogP contribution in [-0.2, 0) is 4.74 Å². The molecule has 2 aromatic heterocycles. The maximum absolute atomic E-state index is 12.9. The summed E-state index contributed by atoms with van der Waals surface area (Å²) >= 11 is 1.66. The first-order chi connectivity index (χ1) is 14.8. The first kappa shape index (κ1) is 18.7. The number of hydrogen-bond acceptors (Lipinski definition) is 6. The molecule has 1 saturated heterocycles. The lowest BCUT2D eigenvalue weighted by molar-refractivity contribution is 0.102. The lowest BCUT2D eigenvalue weighted by Crippen LogP contribution is -2.38. The molecule has 6 nitrogen and oxygen atoms in total. The SMILES string of the molecule is O=C(Nc1ccc(-c2nc3ccccc3s2)cc1)c1cccnc1N1CCOCC1. The molecule has 30 heavy (non-hydrogen) atoms. The van der Waals surface area contributed by atoms with Gasteiger partial charge in [0.15, 0.2) is 0 Å². The summed E-state index contributed by atoms with van der Waals surface area (Å²) in [5.41, 5.74) is 3.34. The number of fused-ring (bicyclic) bond motifs is 1. The summed E-state index contributed by atoms with van der Waals surface area (Å²) in [7, 11) is 0. The number of pyridine rings is 1. The van der Waals surface area contributed by atoms with Crippen LogP contribution in [0.3, 0.4) is 0 Å². The Balaban J connectivity index is 1.34. The molecule has 0 bridgehead atoms. The van der Waals surface area contributed by atoms with Crippen molar-refractivity contribution in [2.24, 2.45) is 0 Å². The molecule has 5 rings (SSSR count). The fraction of sp³-hybridized carbons (Fsp3) is 0.174. The van der Waals surface area contributed by atoms with Gasteiger partial charge >= 0.3 is 0 Å². The van der Waals surface area contributed by atoms with Crippen molar-refractivity contribution in [1.82, 2.24) is 9.97 Å². The van der Waals surface area contributed by atoms with Crippen molar-refractivity contribution >= 4 is 39.0 Å². The van der Waals surface area contributed by atoms with Gasteiger partial charge in [-0.25, -0.2) is 9.97 Å². The van der Waals surface area contributed by atoms with Gasteiger partial charge in [-0.3, -0.25) is 4.79 Å². The summed E-state index contributed by atoms with van der Waals surface area (Å²) in [4.78, 5) is 24.2. The van der Waals surface area contributed by atoms with Crippen LogP contribution < -0.4 is 10.2 Å². The summed E-state index contributed by atoms with van der Waals surface area (Å²) in [6.07, 6.45) is 1.72. The molecule has 3 heterocycles. The number of carbonyl (C=O) groups is 1. The van der Waals surface area contributed by atoms with E-state index in [1.54, 1.807) is 23.6 Å². The largest absolute Gasteiger partial charge is 0.378 e. The number of nitrogens with zero attached hydrogens (tertiary/aromatic N) is 3. The van der Waals surface area contributed by atoms with Crippen LogP contribution in [0.15, 0.2) is 66.9 Å². The first-order valence-corrected chi connectivity index (χ1v) is 10.6. The van der Waals surface area contributed by atoms with E-state index < -0.39 is 0 Å². The maximum atomic E-state index is 12.9. The van der Waals surface area contributed by atoms with Crippen molar-refractivity contribution in [3.8, 4) is 10.6 Å². The van der Waals surface area contributed by atoms with Gasteiger partial charge in [0.25, 0.3) is 5.91 Å². The zero-order valence-corrected chi connectivity index (χ0v) is 17.1. The van der Waals surface area contributed by atoms with Gasteiger partial charge in [-0.05, 0) is 48.5 Å². The Morgan fingerprint density at radius 2 is 1.80 bits per heavy atom. The van der Waals surface area contributed by atoms with E-state index in [1.165, 1.54) is 0 Å². The Bertz CT molecular complexity index is 1150. The van der Waals surface area contributed by atoms with Crippen LogP contribution >= 0.6 is 11.3 Å². The fourth-order valence-corrected chi connectivity index (χ4v) is 4.46. The summed E-state index contributed by atoms with van der Waals surface area (Å²) in [5.74, 6) is 0.529. The highest BCUT2D eigenvalue weighted by Gasteiger charge is 2.20. The average Bonchev–Trinajstić information content (AvgIpc) is 3.24. The van der Waals surface area contributed by atoms with Crippen LogP contribution in [0, 0.1) is 0 Å². The summed E-state index contributed by atoms with van der Waals surface area (Å²) in [6.45, 7) is 2.75. The van der Waals surface area contributed by atoms with Gasteiger partial charge in [-0.2, -0.15) is 0 Å². The van der Waals surface area contributed by atoms with Crippen molar-refractivity contribution in [3.05, 3.63) is 72.4 Å². The Morgan fingerprint density at radius 3 is 2.60 bits per heavy atom. The van der Waals surface area contributed by atoms with Crippen molar-refractivity contribution < 1.29 is 9.53 Å². The van der Waals surface area contributed by atoms with Crippen LogP contribution in [0.4, 0.5) is 11.5 Å². The number of nitrogens with one attached hydrogen (secondary N) is 1. The van der Waals surface area contributed by atoms with Gasteiger partial charge in [0.2, 0.25) is 0 Å². The topological polar surface area (TPSA) is 67.4 Å². The molecule has 1 fully saturated rings. The smallest absolute Gasteiger partial charge is 0.259 e. The van der Waals surface area contributed by atoms with E-state index in [0.29, 0.717) is 24.6 Å². The molecule has 0 atom stereocenters. The standard InChI is InChI=1S/C23H20N4O2S/c28-22(18-4-3-11-24-21(18)27-12-14-29-15-13-27)25-17-9-7-16(8-10-17)23-26-19-5-1-2-6-20(19)30-23/h1-11H,12-15H2,(H,25,28). The van der Waals surface area contributed by atoms with Gasteiger partial charge in [-0.1, -0.05) is 12.1 Å². The molecule has 150 valence electrons. The molecule has 0 aliphatic carbocycles. The zero-order chi connectivity index (χ0) is 20.3. The number of thiazole rings is 1. The molecule has 1 amide bonds. The van der Waals surface area contributed by atoms with Crippen molar-refractivity contribution in [2.75, 3.05) is 36.5 Å². The molecule has 1 aliphatic rings. The van der Waals surface area contributed by atoms with E-state index in [1.807, 2.05) is 48.5 Å². The van der Waals surface area contributed by atoms with Crippen molar-refractivity contribution in [2.45, 2.75) is 0 Å². The fourth-order valence-electron chi connectivity index (χ4n) is 3.49. The highest BCUT2D eigenvalue weighted by Crippen LogP contribution is 2.30. The van der Waals surface area contributed by atoms with E-state index in [2.05, 4.69) is 21.3 Å². The molecular formula is C23H20N4O2S. The number of amides is 1. The van der Waals surface area contributed by atoms with Crippen molar-refractivity contribution in [3.63, 3.8) is 0 Å². The number of hydrogen-bond donors (Lipinski definition) is 1. The third-order valence-electron chi connectivity index (χ3n) is 5.03. The summed E-state index contributed by atoms with van der Waals surface area (Å²) < 4.78 is 6.57. The van der Waals surface area contributed by atoms with Crippen LogP contribution in [-0.4, -0.2) is 42.2 Å². The predicted octanol–water partition coefficient (Wildman–Crippen LogP) is 4.45. The molecule has 0 spiro atoms. The third kappa shape index (κ3) is 3.77. The number of ether oxygens (including phenoxy) is 1. The molecular weight excluding hydrogens is 396 g/mol. The molecule has 2 aromatic carbocycles.